The molecule has 1 aromatic carbocycles. The zero-order valence-electron chi connectivity index (χ0n) is 14.3. The fraction of sp³-hybridized carbons (Fsp3) is 0.211. The van der Waals surface area contributed by atoms with Gasteiger partial charge in [0.25, 0.3) is 5.91 Å². The van der Waals surface area contributed by atoms with E-state index in [1.165, 1.54) is 11.3 Å². The summed E-state index contributed by atoms with van der Waals surface area (Å²) in [4.78, 5) is 23.1. The Morgan fingerprint density at radius 3 is 2.40 bits per heavy atom. The minimum atomic E-state index is -0.151. The van der Waals surface area contributed by atoms with Gasteiger partial charge in [0.15, 0.2) is 5.13 Å². The molecule has 5 nitrogen and oxygen atoms in total. The minimum absolute atomic E-state index is 0.151. The first kappa shape index (κ1) is 17.1. The summed E-state index contributed by atoms with van der Waals surface area (Å²) in [6, 6.07) is 11.4. The summed E-state index contributed by atoms with van der Waals surface area (Å²) in [6.07, 6.45) is 3.45. The van der Waals surface area contributed by atoms with Crippen LogP contribution in [0.3, 0.4) is 0 Å². The molecule has 1 N–H and O–H groups in total. The Hall–Kier alpha value is -2.73. The van der Waals surface area contributed by atoms with Gasteiger partial charge in [-0.1, -0.05) is 0 Å². The van der Waals surface area contributed by atoms with E-state index in [9.17, 15) is 4.79 Å². The molecule has 6 heteroatoms. The monoisotopic (exact) mass is 352 g/mol. The first-order valence-corrected chi connectivity index (χ1v) is 9.11. The molecule has 0 saturated carbocycles. The van der Waals surface area contributed by atoms with Gasteiger partial charge in [0.1, 0.15) is 0 Å². The van der Waals surface area contributed by atoms with Crippen LogP contribution in [-0.2, 0) is 0 Å². The van der Waals surface area contributed by atoms with Crippen LogP contribution in [0, 0.1) is 0 Å². The van der Waals surface area contributed by atoms with Gasteiger partial charge in [0, 0.05) is 47.7 Å². The van der Waals surface area contributed by atoms with Crippen molar-refractivity contribution >= 4 is 28.1 Å². The summed E-state index contributed by atoms with van der Waals surface area (Å²) in [7, 11) is 0. The van der Waals surface area contributed by atoms with E-state index < -0.39 is 0 Å². The van der Waals surface area contributed by atoms with Crippen LogP contribution in [0.1, 0.15) is 24.2 Å². The number of carbonyl (C=O) groups excluding carboxylic acids is 1. The second-order valence-electron chi connectivity index (χ2n) is 5.45. The van der Waals surface area contributed by atoms with Gasteiger partial charge in [-0.05, 0) is 50.2 Å². The molecule has 2 heterocycles. The van der Waals surface area contributed by atoms with Gasteiger partial charge in [-0.15, -0.1) is 11.3 Å². The number of carbonyl (C=O) groups is 1. The zero-order valence-corrected chi connectivity index (χ0v) is 15.1. The Labute approximate surface area is 151 Å². The van der Waals surface area contributed by atoms with Crippen LogP contribution < -0.4 is 10.2 Å². The van der Waals surface area contributed by atoms with E-state index in [1.807, 2.05) is 41.8 Å². The molecule has 0 bridgehead atoms. The molecule has 0 saturated heterocycles. The summed E-state index contributed by atoms with van der Waals surface area (Å²) in [5, 5.41) is 5.38. The normalized spacial score (nSPS) is 10.5. The van der Waals surface area contributed by atoms with Crippen molar-refractivity contribution in [3.05, 3.63) is 59.7 Å². The van der Waals surface area contributed by atoms with Gasteiger partial charge >= 0.3 is 0 Å². The molecule has 0 fully saturated rings. The van der Waals surface area contributed by atoms with E-state index in [1.54, 1.807) is 12.4 Å². The minimum Gasteiger partial charge on any atom is -0.372 e. The molecule has 0 unspecified atom stereocenters. The average molecular weight is 352 g/mol. The van der Waals surface area contributed by atoms with Crippen molar-refractivity contribution in [1.82, 2.24) is 9.97 Å². The highest BCUT2D eigenvalue weighted by Gasteiger charge is 2.11. The van der Waals surface area contributed by atoms with Crippen molar-refractivity contribution in [2.24, 2.45) is 0 Å². The lowest BCUT2D eigenvalue weighted by Crippen LogP contribution is -2.21. The molecule has 0 aliphatic rings. The van der Waals surface area contributed by atoms with Crippen LogP contribution in [0.2, 0.25) is 0 Å². The standard InChI is InChI=1S/C19H20N4OS/c1-3-23(4-2)16-7-5-15(6-8-16)18(24)22-19-21-17(13-25-19)14-9-11-20-12-10-14/h5-13H,3-4H2,1-2H3,(H,21,22,24). The van der Waals surface area contributed by atoms with Gasteiger partial charge in [-0.25, -0.2) is 4.98 Å². The number of anilines is 2. The number of aromatic nitrogens is 2. The molecular formula is C19H20N4OS. The van der Waals surface area contributed by atoms with Crippen molar-refractivity contribution in [2.45, 2.75) is 13.8 Å². The van der Waals surface area contributed by atoms with E-state index in [4.69, 9.17) is 0 Å². The largest absolute Gasteiger partial charge is 0.372 e. The maximum atomic E-state index is 12.4. The van der Waals surface area contributed by atoms with E-state index in [0.717, 1.165) is 30.0 Å². The fourth-order valence-electron chi connectivity index (χ4n) is 2.57. The van der Waals surface area contributed by atoms with Crippen molar-refractivity contribution in [2.75, 3.05) is 23.3 Å². The first-order chi connectivity index (χ1) is 12.2. The molecule has 0 radical (unpaired) electrons. The molecule has 3 aromatic rings. The fourth-order valence-corrected chi connectivity index (χ4v) is 3.28. The molecule has 25 heavy (non-hydrogen) atoms. The summed E-state index contributed by atoms with van der Waals surface area (Å²) in [5.41, 5.74) is 3.56. The lowest BCUT2D eigenvalue weighted by Gasteiger charge is -2.20. The topological polar surface area (TPSA) is 58.1 Å². The maximum absolute atomic E-state index is 12.4. The van der Waals surface area contributed by atoms with Gasteiger partial charge < -0.3 is 4.90 Å². The Morgan fingerprint density at radius 1 is 1.08 bits per heavy atom. The van der Waals surface area contributed by atoms with E-state index >= 15 is 0 Å². The molecular weight excluding hydrogens is 332 g/mol. The van der Waals surface area contributed by atoms with Crippen molar-refractivity contribution < 1.29 is 4.79 Å². The predicted molar refractivity (Wildman–Crippen MR) is 103 cm³/mol. The smallest absolute Gasteiger partial charge is 0.257 e. The van der Waals surface area contributed by atoms with Crippen LogP contribution in [0.15, 0.2) is 54.2 Å². The summed E-state index contributed by atoms with van der Waals surface area (Å²) < 4.78 is 0. The van der Waals surface area contributed by atoms with Crippen LogP contribution in [-0.4, -0.2) is 29.0 Å². The molecule has 128 valence electrons. The zero-order chi connectivity index (χ0) is 17.6. The predicted octanol–water partition coefficient (Wildman–Crippen LogP) is 4.30. The van der Waals surface area contributed by atoms with E-state index in [0.29, 0.717) is 10.7 Å². The lowest BCUT2D eigenvalue weighted by molar-refractivity contribution is 0.102. The number of pyridine rings is 1. The van der Waals surface area contributed by atoms with E-state index in [-0.39, 0.29) is 5.91 Å². The molecule has 0 spiro atoms. The summed E-state index contributed by atoms with van der Waals surface area (Å²) in [5.74, 6) is -0.151. The SMILES string of the molecule is CCN(CC)c1ccc(C(=O)Nc2nc(-c3ccncc3)cs2)cc1. The highest BCUT2D eigenvalue weighted by atomic mass is 32.1. The van der Waals surface area contributed by atoms with Gasteiger partial charge in [0.2, 0.25) is 0 Å². The third kappa shape index (κ3) is 4.03. The second-order valence-corrected chi connectivity index (χ2v) is 6.31. The molecule has 2 aromatic heterocycles. The maximum Gasteiger partial charge on any atom is 0.257 e. The van der Waals surface area contributed by atoms with E-state index in [2.05, 4.69) is 34.0 Å². The summed E-state index contributed by atoms with van der Waals surface area (Å²) in [6.45, 7) is 6.12. The number of rotatable bonds is 6. The van der Waals surface area contributed by atoms with Crippen LogP contribution in [0.25, 0.3) is 11.3 Å². The Bertz CT molecular complexity index is 826. The lowest BCUT2D eigenvalue weighted by atomic mass is 10.2. The van der Waals surface area contributed by atoms with Crippen molar-refractivity contribution in [3.63, 3.8) is 0 Å². The van der Waals surface area contributed by atoms with Gasteiger partial charge in [-0.2, -0.15) is 0 Å². The Kier molecular flexibility index (Phi) is 5.40. The van der Waals surface area contributed by atoms with Crippen molar-refractivity contribution in [1.29, 1.82) is 0 Å². The van der Waals surface area contributed by atoms with Crippen molar-refractivity contribution in [3.8, 4) is 11.3 Å². The number of nitrogens with one attached hydrogen (secondary N) is 1. The van der Waals surface area contributed by atoms with Gasteiger partial charge in [0.05, 0.1) is 5.69 Å². The van der Waals surface area contributed by atoms with Crippen LogP contribution >= 0.6 is 11.3 Å². The highest BCUT2D eigenvalue weighted by Crippen LogP contribution is 2.25. The highest BCUT2D eigenvalue weighted by molar-refractivity contribution is 7.14. The third-order valence-electron chi connectivity index (χ3n) is 3.96. The number of nitrogens with zero attached hydrogens (tertiary/aromatic N) is 3. The molecule has 0 aliphatic carbocycles. The molecule has 0 atom stereocenters. The van der Waals surface area contributed by atoms with Crippen LogP contribution in [0.4, 0.5) is 10.8 Å². The number of hydrogen-bond donors (Lipinski definition) is 1. The third-order valence-corrected chi connectivity index (χ3v) is 4.72. The molecule has 0 aliphatic heterocycles. The molecule has 1 amide bonds. The van der Waals surface area contributed by atoms with Gasteiger partial charge in [-0.3, -0.25) is 15.1 Å². The Morgan fingerprint density at radius 2 is 1.76 bits per heavy atom. The number of benzene rings is 1. The quantitative estimate of drug-likeness (QED) is 0.718. The first-order valence-electron chi connectivity index (χ1n) is 8.23. The molecule has 3 rings (SSSR count). The summed E-state index contributed by atoms with van der Waals surface area (Å²) >= 11 is 1.41. The average Bonchev–Trinajstić information content (AvgIpc) is 3.12. The van der Waals surface area contributed by atoms with Crippen LogP contribution in [0.5, 0.6) is 0 Å². The second kappa shape index (κ2) is 7.90. The number of amides is 1. The number of hydrogen-bond acceptors (Lipinski definition) is 5. The number of thiazole rings is 1. The Balaban J connectivity index is 1.69.